The summed E-state index contributed by atoms with van der Waals surface area (Å²) < 4.78 is 17.3. The number of rotatable bonds is 49. The Bertz CT molecular complexity index is 1200. The van der Waals surface area contributed by atoms with Crippen LogP contribution in [-0.2, 0) is 28.6 Å². The smallest absolute Gasteiger partial charge is 0.395 e. The van der Waals surface area contributed by atoms with Crippen molar-refractivity contribution in [3.05, 3.63) is 72.9 Å². The third-order valence-electron chi connectivity index (χ3n) is 12.3. The third kappa shape index (κ3) is 36.7. The van der Waals surface area contributed by atoms with E-state index in [0.717, 1.165) is 135 Å². The lowest BCUT2D eigenvalue weighted by atomic mass is 9.87. The SMILES string of the molecule is CCCCC/C=C\C/C=C\CCCCCCCC(=O)OC(OC(=O)CCCCCCC/C=C\C/C=C\CCCCC)(OC(=O)CCCCCCC/C=C\C/C=C\CCCCC)C(CO)(CO)CO. The summed E-state index contributed by atoms with van der Waals surface area (Å²) in [7, 11) is 0. The van der Waals surface area contributed by atoms with Crippen molar-refractivity contribution in [2.45, 2.75) is 258 Å². The number of aliphatic hydroxyl groups excluding tert-OH is 3. The first-order valence-electron chi connectivity index (χ1n) is 27.7. The second-order valence-electron chi connectivity index (χ2n) is 18.7. The molecule has 0 amide bonds. The Kier molecular flexibility index (Phi) is 46.4. The summed E-state index contributed by atoms with van der Waals surface area (Å²) in [5.74, 6) is -5.29. The van der Waals surface area contributed by atoms with Gasteiger partial charge in [-0.2, -0.15) is 0 Å². The molecule has 0 aromatic carbocycles. The molecule has 0 aromatic heterocycles. The number of allylic oxidation sites excluding steroid dienone is 12. The fourth-order valence-electron chi connectivity index (χ4n) is 7.67. The number of carbonyl (C=O) groups is 3. The van der Waals surface area contributed by atoms with Crippen molar-refractivity contribution in [1.29, 1.82) is 0 Å². The molecule has 9 heteroatoms. The molecule has 9 nitrogen and oxygen atoms in total. The highest BCUT2D eigenvalue weighted by Gasteiger charge is 2.62. The van der Waals surface area contributed by atoms with Crippen LogP contribution in [0.5, 0.6) is 0 Å². The maximum atomic E-state index is 13.5. The van der Waals surface area contributed by atoms with Gasteiger partial charge in [0.1, 0.15) is 0 Å². The minimum atomic E-state index is -2.85. The van der Waals surface area contributed by atoms with Crippen LogP contribution in [-0.4, -0.2) is 59.0 Å². The van der Waals surface area contributed by atoms with Gasteiger partial charge in [-0.15, -0.1) is 0 Å². The summed E-state index contributed by atoms with van der Waals surface area (Å²) in [5.41, 5.74) is -2.21. The largest absolute Gasteiger partial charge is 0.436 e. The molecule has 0 radical (unpaired) electrons. The van der Waals surface area contributed by atoms with Crippen LogP contribution in [0.4, 0.5) is 0 Å². The average molecular weight is 955 g/mol. The molecule has 0 aliphatic carbocycles. The molecule has 0 heterocycles. The van der Waals surface area contributed by atoms with E-state index in [9.17, 15) is 29.7 Å². The van der Waals surface area contributed by atoms with Crippen LogP contribution in [0.25, 0.3) is 0 Å². The Morgan fingerprint density at radius 2 is 0.544 bits per heavy atom. The van der Waals surface area contributed by atoms with E-state index in [1.54, 1.807) is 0 Å². The second-order valence-corrected chi connectivity index (χ2v) is 18.7. The maximum absolute atomic E-state index is 13.5. The molecular weight excluding hydrogens is 853 g/mol. The fraction of sp³-hybridized carbons (Fsp3) is 0.746. The number of ether oxygens (including phenoxy) is 3. The minimum Gasteiger partial charge on any atom is -0.395 e. The van der Waals surface area contributed by atoms with Gasteiger partial charge in [0, 0.05) is 19.3 Å². The van der Waals surface area contributed by atoms with Gasteiger partial charge in [0.05, 0.1) is 19.8 Å². The Labute approximate surface area is 416 Å². The standard InChI is InChI=1S/C59H102O9/c1-4-7-10-13-16-19-22-25-28-31-34-37-40-43-46-49-55(63)66-59(58(52-60,53-61)54-62,67-56(64)50-47-44-41-38-35-32-29-26-23-20-17-14-11-8-5-2)68-57(65)51-48-45-42-39-36-33-30-27-24-21-18-15-12-9-6-3/h16-21,25-30,60-62H,4-15,22-24,31-54H2,1-3H3/b19-16-,20-17-,21-18-,28-25-,29-26-,30-27-. The van der Waals surface area contributed by atoms with Crippen molar-refractivity contribution in [3.8, 4) is 0 Å². The lowest BCUT2D eigenvalue weighted by molar-refractivity contribution is -0.392. The van der Waals surface area contributed by atoms with Gasteiger partial charge < -0.3 is 29.5 Å². The lowest BCUT2D eigenvalue weighted by Gasteiger charge is -2.43. The zero-order chi connectivity index (χ0) is 49.9. The maximum Gasteiger partial charge on any atom is 0.436 e. The van der Waals surface area contributed by atoms with Gasteiger partial charge in [0.25, 0.3) is 0 Å². The zero-order valence-corrected chi connectivity index (χ0v) is 43.8. The Hall–Kier alpha value is -3.27. The van der Waals surface area contributed by atoms with Crippen LogP contribution >= 0.6 is 0 Å². The molecule has 3 N–H and O–H groups in total. The molecule has 68 heavy (non-hydrogen) atoms. The number of hydrogen-bond acceptors (Lipinski definition) is 9. The topological polar surface area (TPSA) is 140 Å². The molecule has 0 aromatic rings. The molecule has 0 atom stereocenters. The summed E-state index contributed by atoms with van der Waals surface area (Å²) in [6.07, 6.45) is 59.8. The van der Waals surface area contributed by atoms with Crippen LogP contribution in [0, 0.1) is 5.41 Å². The van der Waals surface area contributed by atoms with Gasteiger partial charge in [-0.3, -0.25) is 14.4 Å². The van der Waals surface area contributed by atoms with Gasteiger partial charge in [-0.1, -0.05) is 190 Å². The summed E-state index contributed by atoms with van der Waals surface area (Å²) in [6, 6.07) is 0. The number of unbranched alkanes of at least 4 members (excludes halogenated alkanes) is 24. The molecule has 0 rings (SSSR count). The second kappa shape index (κ2) is 48.7. The van der Waals surface area contributed by atoms with Gasteiger partial charge in [0.2, 0.25) is 0 Å². The van der Waals surface area contributed by atoms with Crippen molar-refractivity contribution in [2.24, 2.45) is 5.41 Å². The van der Waals surface area contributed by atoms with Gasteiger partial charge in [0.15, 0.2) is 5.41 Å². The van der Waals surface area contributed by atoms with Gasteiger partial charge in [-0.25, -0.2) is 0 Å². The van der Waals surface area contributed by atoms with E-state index in [4.69, 9.17) is 14.2 Å². The van der Waals surface area contributed by atoms with Crippen LogP contribution in [0.1, 0.15) is 252 Å². The van der Waals surface area contributed by atoms with Crippen molar-refractivity contribution in [3.63, 3.8) is 0 Å². The molecule has 0 saturated carbocycles. The summed E-state index contributed by atoms with van der Waals surface area (Å²) in [4.78, 5) is 40.5. The highest BCUT2D eigenvalue weighted by atomic mass is 16.9. The van der Waals surface area contributed by atoms with Crippen LogP contribution < -0.4 is 0 Å². The summed E-state index contributed by atoms with van der Waals surface area (Å²) in [6.45, 7) is 3.70. The third-order valence-corrected chi connectivity index (χ3v) is 12.3. The summed E-state index contributed by atoms with van der Waals surface area (Å²) >= 11 is 0. The molecule has 0 unspecified atom stereocenters. The monoisotopic (exact) mass is 955 g/mol. The molecule has 0 fully saturated rings. The first kappa shape index (κ1) is 64.7. The highest BCUT2D eigenvalue weighted by molar-refractivity contribution is 5.74. The van der Waals surface area contributed by atoms with Crippen LogP contribution in [0.3, 0.4) is 0 Å². The van der Waals surface area contributed by atoms with E-state index >= 15 is 0 Å². The number of aliphatic hydroxyl groups is 3. The van der Waals surface area contributed by atoms with Crippen molar-refractivity contribution in [2.75, 3.05) is 19.8 Å². The van der Waals surface area contributed by atoms with E-state index in [2.05, 4.69) is 93.7 Å². The first-order chi connectivity index (χ1) is 33.3. The van der Waals surface area contributed by atoms with Crippen molar-refractivity contribution in [1.82, 2.24) is 0 Å². The predicted molar refractivity (Wildman–Crippen MR) is 283 cm³/mol. The van der Waals surface area contributed by atoms with Crippen LogP contribution in [0.15, 0.2) is 72.9 Å². The Morgan fingerprint density at radius 3 is 0.779 bits per heavy atom. The van der Waals surface area contributed by atoms with Gasteiger partial charge >= 0.3 is 23.9 Å². The normalized spacial score (nSPS) is 12.6. The zero-order valence-electron chi connectivity index (χ0n) is 43.8. The lowest BCUT2D eigenvalue weighted by Crippen LogP contribution is -2.62. The first-order valence-corrected chi connectivity index (χ1v) is 27.7. The fourth-order valence-corrected chi connectivity index (χ4v) is 7.67. The minimum absolute atomic E-state index is 0.0599. The van der Waals surface area contributed by atoms with E-state index in [-0.39, 0.29) is 19.3 Å². The molecule has 0 saturated heterocycles. The van der Waals surface area contributed by atoms with Crippen molar-refractivity contribution < 1.29 is 43.9 Å². The summed E-state index contributed by atoms with van der Waals surface area (Å²) in [5, 5.41) is 31.8. The number of carbonyl (C=O) groups excluding carboxylic acids is 3. The number of hydrogen-bond donors (Lipinski definition) is 3. The van der Waals surface area contributed by atoms with Gasteiger partial charge in [-0.05, 0) is 116 Å². The molecule has 0 aliphatic heterocycles. The Morgan fingerprint density at radius 1 is 0.324 bits per heavy atom. The molecule has 0 aliphatic rings. The van der Waals surface area contributed by atoms with E-state index in [1.807, 2.05) is 0 Å². The molecule has 0 spiro atoms. The molecule has 392 valence electrons. The number of esters is 3. The van der Waals surface area contributed by atoms with E-state index in [0.29, 0.717) is 19.3 Å². The van der Waals surface area contributed by atoms with Crippen LogP contribution in [0.2, 0.25) is 0 Å². The van der Waals surface area contributed by atoms with E-state index < -0.39 is 49.1 Å². The Balaban J connectivity index is 5.34. The van der Waals surface area contributed by atoms with E-state index in [1.165, 1.54) is 57.8 Å². The van der Waals surface area contributed by atoms with Crippen molar-refractivity contribution >= 4 is 17.9 Å². The average Bonchev–Trinajstić information content (AvgIpc) is 3.33. The molecular formula is C59H102O9. The quantitative estimate of drug-likeness (QED) is 0.0235. The molecule has 0 bridgehead atoms. The highest BCUT2D eigenvalue weighted by Crippen LogP contribution is 2.39. The predicted octanol–water partition coefficient (Wildman–Crippen LogP) is 15.7.